The Morgan fingerprint density at radius 2 is 2.00 bits per heavy atom. The van der Waals surface area contributed by atoms with Crippen molar-refractivity contribution in [2.45, 2.75) is 13.8 Å². The van der Waals surface area contributed by atoms with Crippen LogP contribution in [0, 0.1) is 5.41 Å². The van der Waals surface area contributed by atoms with Crippen LogP contribution in [-0.2, 0) is 9.53 Å². The minimum atomic E-state index is -0.596. The third kappa shape index (κ3) is 3.79. The number of anilines is 1. The van der Waals surface area contributed by atoms with Gasteiger partial charge in [0.2, 0.25) is 0 Å². The monoisotopic (exact) mass is 275 g/mol. The molecule has 1 N–H and O–H groups in total. The van der Waals surface area contributed by atoms with Crippen LogP contribution < -0.4 is 5.32 Å². The molecule has 1 aromatic carbocycles. The van der Waals surface area contributed by atoms with Crippen molar-refractivity contribution >= 4 is 34.9 Å². The molecule has 0 heterocycles. The number of ether oxygens (including phenoxy) is 1. The van der Waals surface area contributed by atoms with Crippen LogP contribution in [-0.4, -0.2) is 19.6 Å². The van der Waals surface area contributed by atoms with Gasteiger partial charge in [0.1, 0.15) is 0 Å². The van der Waals surface area contributed by atoms with Crippen molar-refractivity contribution in [3.63, 3.8) is 0 Å². The average Bonchev–Trinajstić information content (AvgIpc) is 2.29. The number of hydrogen-bond donors (Lipinski definition) is 1. The van der Waals surface area contributed by atoms with E-state index >= 15 is 0 Å². The maximum atomic E-state index is 11.5. The summed E-state index contributed by atoms with van der Waals surface area (Å²) in [6, 6.07) is 5.23. The summed E-state index contributed by atoms with van der Waals surface area (Å²) in [5, 5.41) is 4.11. The summed E-state index contributed by atoms with van der Waals surface area (Å²) in [5.74, 6) is -0.259. The normalized spacial score (nSPS) is 11.1. The average molecular weight is 276 g/mol. The quantitative estimate of drug-likeness (QED) is 0.854. The fourth-order valence-corrected chi connectivity index (χ4v) is 1.58. The molecule has 0 unspecified atom stereocenters. The number of halogens is 2. The minimum absolute atomic E-state index is 0.259. The van der Waals surface area contributed by atoms with Crippen molar-refractivity contribution in [2.24, 2.45) is 5.41 Å². The topological polar surface area (TPSA) is 38.3 Å². The van der Waals surface area contributed by atoms with Crippen LogP contribution in [0.5, 0.6) is 0 Å². The summed E-state index contributed by atoms with van der Waals surface area (Å²) in [4.78, 5) is 11.5. The smallest absolute Gasteiger partial charge is 0.313 e. The van der Waals surface area contributed by atoms with Gasteiger partial charge in [0, 0.05) is 12.2 Å². The fraction of sp³-hybridized carbons (Fsp3) is 0.417. The van der Waals surface area contributed by atoms with Gasteiger partial charge < -0.3 is 10.1 Å². The molecule has 17 heavy (non-hydrogen) atoms. The molecule has 0 radical (unpaired) electrons. The predicted octanol–water partition coefficient (Wildman–Crippen LogP) is 3.60. The maximum Gasteiger partial charge on any atom is 0.313 e. The second-order valence-corrected chi connectivity index (χ2v) is 5.17. The molecule has 0 amide bonds. The molecule has 94 valence electrons. The molecule has 0 aromatic heterocycles. The third-order valence-corrected chi connectivity index (χ3v) is 3.13. The molecule has 0 aliphatic carbocycles. The van der Waals surface area contributed by atoms with Gasteiger partial charge in [0.15, 0.2) is 0 Å². The molecule has 0 saturated carbocycles. The molecular weight excluding hydrogens is 261 g/mol. The largest absolute Gasteiger partial charge is 0.469 e. The standard InChI is InChI=1S/C12H15Cl2NO2/c1-12(2,11(16)17-3)7-15-8-4-5-9(13)10(14)6-8/h4-6,15H,7H2,1-3H3. The van der Waals surface area contributed by atoms with E-state index in [1.165, 1.54) is 7.11 Å². The van der Waals surface area contributed by atoms with Gasteiger partial charge in [-0.1, -0.05) is 23.2 Å². The second-order valence-electron chi connectivity index (χ2n) is 4.36. The molecular formula is C12H15Cl2NO2. The third-order valence-electron chi connectivity index (χ3n) is 2.39. The van der Waals surface area contributed by atoms with Gasteiger partial charge in [-0.05, 0) is 32.0 Å². The number of carbonyl (C=O) groups is 1. The van der Waals surface area contributed by atoms with E-state index in [4.69, 9.17) is 27.9 Å². The lowest BCUT2D eigenvalue weighted by Gasteiger charge is -2.22. The molecule has 0 atom stereocenters. The number of benzene rings is 1. The first-order valence-corrected chi connectivity index (χ1v) is 5.90. The molecule has 0 aliphatic rings. The highest BCUT2D eigenvalue weighted by Gasteiger charge is 2.28. The Kier molecular flexibility index (Phi) is 4.66. The van der Waals surface area contributed by atoms with Crippen molar-refractivity contribution in [3.8, 4) is 0 Å². The second kappa shape index (κ2) is 5.61. The Morgan fingerprint density at radius 3 is 2.53 bits per heavy atom. The van der Waals surface area contributed by atoms with E-state index in [9.17, 15) is 4.79 Å². The number of esters is 1. The van der Waals surface area contributed by atoms with E-state index in [0.29, 0.717) is 16.6 Å². The molecule has 0 spiro atoms. The first-order valence-electron chi connectivity index (χ1n) is 5.14. The summed E-state index contributed by atoms with van der Waals surface area (Å²) in [5.41, 5.74) is 0.220. The summed E-state index contributed by atoms with van der Waals surface area (Å²) in [6.07, 6.45) is 0. The van der Waals surface area contributed by atoms with Crippen molar-refractivity contribution in [2.75, 3.05) is 19.0 Å². The number of carbonyl (C=O) groups excluding carboxylic acids is 1. The fourth-order valence-electron chi connectivity index (χ4n) is 1.28. The Labute approximate surface area is 111 Å². The lowest BCUT2D eigenvalue weighted by Crippen LogP contribution is -2.33. The molecule has 0 bridgehead atoms. The zero-order valence-corrected chi connectivity index (χ0v) is 11.5. The highest BCUT2D eigenvalue weighted by atomic mass is 35.5. The SMILES string of the molecule is COC(=O)C(C)(C)CNc1ccc(Cl)c(Cl)c1. The lowest BCUT2D eigenvalue weighted by molar-refractivity contribution is -0.149. The van der Waals surface area contributed by atoms with E-state index in [0.717, 1.165) is 5.69 Å². The van der Waals surface area contributed by atoms with Gasteiger partial charge >= 0.3 is 5.97 Å². The van der Waals surface area contributed by atoms with Gasteiger partial charge in [0.25, 0.3) is 0 Å². The number of rotatable bonds is 4. The van der Waals surface area contributed by atoms with E-state index in [1.807, 2.05) is 19.9 Å². The van der Waals surface area contributed by atoms with Crippen LogP contribution in [0.4, 0.5) is 5.69 Å². The van der Waals surface area contributed by atoms with E-state index in [2.05, 4.69) is 5.32 Å². The van der Waals surface area contributed by atoms with Gasteiger partial charge in [-0.2, -0.15) is 0 Å². The molecule has 1 aromatic rings. The van der Waals surface area contributed by atoms with Crippen molar-refractivity contribution < 1.29 is 9.53 Å². The van der Waals surface area contributed by atoms with Gasteiger partial charge in [-0.25, -0.2) is 0 Å². The Balaban J connectivity index is 2.67. The molecule has 1 rings (SSSR count). The van der Waals surface area contributed by atoms with Crippen LogP contribution in [0.1, 0.15) is 13.8 Å². The zero-order valence-electron chi connectivity index (χ0n) is 10.0. The summed E-state index contributed by atoms with van der Waals surface area (Å²) < 4.78 is 4.72. The number of nitrogens with one attached hydrogen (secondary N) is 1. The van der Waals surface area contributed by atoms with E-state index in [-0.39, 0.29) is 5.97 Å². The van der Waals surface area contributed by atoms with Crippen molar-refractivity contribution in [1.29, 1.82) is 0 Å². The van der Waals surface area contributed by atoms with Crippen LogP contribution in [0.15, 0.2) is 18.2 Å². The van der Waals surface area contributed by atoms with Gasteiger partial charge in [-0.3, -0.25) is 4.79 Å². The van der Waals surface area contributed by atoms with Crippen LogP contribution >= 0.6 is 23.2 Å². The van der Waals surface area contributed by atoms with Gasteiger partial charge in [0.05, 0.1) is 22.6 Å². The summed E-state index contributed by atoms with van der Waals surface area (Å²) in [6.45, 7) is 4.07. The van der Waals surface area contributed by atoms with Crippen LogP contribution in [0.25, 0.3) is 0 Å². The zero-order chi connectivity index (χ0) is 13.1. The highest BCUT2D eigenvalue weighted by Crippen LogP contribution is 2.26. The first kappa shape index (κ1) is 14.1. The maximum absolute atomic E-state index is 11.5. The Bertz CT molecular complexity index is 419. The van der Waals surface area contributed by atoms with E-state index in [1.54, 1.807) is 12.1 Å². The van der Waals surface area contributed by atoms with E-state index < -0.39 is 5.41 Å². The Hall–Kier alpha value is -0.930. The highest BCUT2D eigenvalue weighted by molar-refractivity contribution is 6.42. The van der Waals surface area contributed by atoms with Crippen LogP contribution in [0.2, 0.25) is 10.0 Å². The molecule has 0 fully saturated rings. The lowest BCUT2D eigenvalue weighted by atomic mass is 9.93. The molecule has 3 nitrogen and oxygen atoms in total. The Morgan fingerprint density at radius 1 is 1.35 bits per heavy atom. The van der Waals surface area contributed by atoms with Crippen molar-refractivity contribution in [1.82, 2.24) is 0 Å². The molecule has 5 heteroatoms. The first-order chi connectivity index (χ1) is 7.86. The van der Waals surface area contributed by atoms with Crippen molar-refractivity contribution in [3.05, 3.63) is 28.2 Å². The molecule has 0 saturated heterocycles. The summed E-state index contributed by atoms with van der Waals surface area (Å²) >= 11 is 11.7. The van der Waals surface area contributed by atoms with Gasteiger partial charge in [-0.15, -0.1) is 0 Å². The summed E-state index contributed by atoms with van der Waals surface area (Å²) in [7, 11) is 1.38. The molecule has 0 aliphatic heterocycles. The minimum Gasteiger partial charge on any atom is -0.469 e. The number of hydrogen-bond acceptors (Lipinski definition) is 3. The van der Waals surface area contributed by atoms with Crippen LogP contribution in [0.3, 0.4) is 0 Å². The predicted molar refractivity (Wildman–Crippen MR) is 70.7 cm³/mol. The number of methoxy groups -OCH3 is 1.